The zero-order valence-electron chi connectivity index (χ0n) is 9.74. The van der Waals surface area contributed by atoms with Gasteiger partial charge in [0.15, 0.2) is 0 Å². The zero-order valence-corrected chi connectivity index (χ0v) is 12.1. The predicted octanol–water partition coefficient (Wildman–Crippen LogP) is 4.11. The minimum Gasteiger partial charge on any atom is -0.476 e. The summed E-state index contributed by atoms with van der Waals surface area (Å²) in [5.74, 6) is 0.967. The van der Waals surface area contributed by atoms with Crippen LogP contribution in [-0.2, 0) is 6.42 Å². The first-order chi connectivity index (χ1) is 8.70. The molecule has 2 heterocycles. The molecule has 0 atom stereocenters. The number of pyridine rings is 1. The lowest BCUT2D eigenvalue weighted by Crippen LogP contribution is -2.04. The highest BCUT2D eigenvalue weighted by molar-refractivity contribution is 7.09. The van der Waals surface area contributed by atoms with Crippen molar-refractivity contribution < 1.29 is 4.74 Å². The summed E-state index contributed by atoms with van der Waals surface area (Å²) in [5.41, 5.74) is 0. The summed E-state index contributed by atoms with van der Waals surface area (Å²) in [6.07, 6.45) is 0.840. The van der Waals surface area contributed by atoms with Crippen LogP contribution in [0.2, 0.25) is 10.0 Å². The van der Waals surface area contributed by atoms with Gasteiger partial charge in [0.05, 0.1) is 11.6 Å². The molecule has 0 aliphatic carbocycles. The van der Waals surface area contributed by atoms with E-state index < -0.39 is 0 Å². The Kier molecular flexibility index (Phi) is 4.69. The first-order valence-electron chi connectivity index (χ1n) is 5.39. The standard InChI is InChI=1S/C12H12Cl2N2OS/c1-15-11-9(13)7-10(14)12(16-11)17-5-4-8-3-2-6-18-8/h2-3,6-7H,4-5H2,1H3,(H,15,16). The fourth-order valence-electron chi connectivity index (χ4n) is 1.43. The lowest BCUT2D eigenvalue weighted by Gasteiger charge is -2.09. The highest BCUT2D eigenvalue weighted by atomic mass is 35.5. The quantitative estimate of drug-likeness (QED) is 0.902. The van der Waals surface area contributed by atoms with Crippen LogP contribution in [0.3, 0.4) is 0 Å². The number of thiophene rings is 1. The van der Waals surface area contributed by atoms with Gasteiger partial charge in [-0.3, -0.25) is 0 Å². The van der Waals surface area contributed by atoms with Gasteiger partial charge in [0.25, 0.3) is 0 Å². The highest BCUT2D eigenvalue weighted by Gasteiger charge is 2.09. The number of nitrogens with one attached hydrogen (secondary N) is 1. The molecule has 2 rings (SSSR count). The van der Waals surface area contributed by atoms with Crippen LogP contribution in [0.4, 0.5) is 5.82 Å². The second kappa shape index (κ2) is 6.27. The molecule has 1 N–H and O–H groups in total. The van der Waals surface area contributed by atoms with Gasteiger partial charge in [-0.1, -0.05) is 29.3 Å². The molecular formula is C12H12Cl2N2OS. The maximum atomic E-state index is 6.02. The Labute approximate surface area is 120 Å². The Morgan fingerprint density at radius 2 is 2.22 bits per heavy atom. The Bertz CT molecular complexity index is 517. The number of rotatable bonds is 5. The fourth-order valence-corrected chi connectivity index (χ4v) is 2.63. The van der Waals surface area contributed by atoms with E-state index >= 15 is 0 Å². The van der Waals surface area contributed by atoms with Gasteiger partial charge in [0.1, 0.15) is 10.8 Å². The van der Waals surface area contributed by atoms with Gasteiger partial charge in [-0.15, -0.1) is 11.3 Å². The number of hydrogen-bond donors (Lipinski definition) is 1. The summed E-state index contributed by atoms with van der Waals surface area (Å²) < 4.78 is 5.57. The largest absolute Gasteiger partial charge is 0.476 e. The molecule has 0 fully saturated rings. The Morgan fingerprint density at radius 3 is 2.89 bits per heavy atom. The molecule has 0 aliphatic rings. The summed E-state index contributed by atoms with van der Waals surface area (Å²) in [4.78, 5) is 5.49. The first-order valence-corrected chi connectivity index (χ1v) is 7.03. The third-order valence-electron chi connectivity index (χ3n) is 2.30. The van der Waals surface area contributed by atoms with Gasteiger partial charge in [0, 0.05) is 18.3 Å². The minimum atomic E-state index is 0.405. The van der Waals surface area contributed by atoms with E-state index in [0.717, 1.165) is 6.42 Å². The molecule has 0 spiro atoms. The topological polar surface area (TPSA) is 34.2 Å². The fraction of sp³-hybridized carbons (Fsp3) is 0.250. The van der Waals surface area contributed by atoms with E-state index in [9.17, 15) is 0 Å². The van der Waals surface area contributed by atoms with Gasteiger partial charge in [-0.2, -0.15) is 4.98 Å². The molecular weight excluding hydrogens is 291 g/mol. The summed E-state index contributed by atoms with van der Waals surface area (Å²) >= 11 is 13.7. The van der Waals surface area contributed by atoms with Crippen LogP contribution in [0.25, 0.3) is 0 Å². The second-order valence-corrected chi connectivity index (χ2v) is 5.38. The molecule has 18 heavy (non-hydrogen) atoms. The van der Waals surface area contributed by atoms with Gasteiger partial charge in [-0.25, -0.2) is 0 Å². The summed E-state index contributed by atoms with van der Waals surface area (Å²) in [5, 5.41) is 5.83. The normalized spacial score (nSPS) is 10.4. The molecule has 0 saturated carbocycles. The lowest BCUT2D eigenvalue weighted by atomic mass is 10.4. The zero-order chi connectivity index (χ0) is 13.0. The average Bonchev–Trinajstić information content (AvgIpc) is 2.85. The van der Waals surface area contributed by atoms with Crippen molar-refractivity contribution in [3.63, 3.8) is 0 Å². The van der Waals surface area contributed by atoms with Gasteiger partial charge < -0.3 is 10.1 Å². The van der Waals surface area contributed by atoms with Crippen molar-refractivity contribution in [3.8, 4) is 5.88 Å². The highest BCUT2D eigenvalue weighted by Crippen LogP contribution is 2.30. The van der Waals surface area contributed by atoms with Crippen LogP contribution in [0.1, 0.15) is 4.88 Å². The first kappa shape index (κ1) is 13.5. The molecule has 0 aliphatic heterocycles. The van der Waals surface area contributed by atoms with Gasteiger partial charge in [0.2, 0.25) is 5.88 Å². The van der Waals surface area contributed by atoms with Crippen LogP contribution >= 0.6 is 34.5 Å². The molecule has 0 unspecified atom stereocenters. The number of ether oxygens (including phenoxy) is 1. The van der Waals surface area contributed by atoms with Crippen LogP contribution in [0, 0.1) is 0 Å². The molecule has 2 aromatic rings. The van der Waals surface area contributed by atoms with E-state index in [1.54, 1.807) is 24.5 Å². The van der Waals surface area contributed by atoms with Crippen LogP contribution in [-0.4, -0.2) is 18.6 Å². The number of nitrogens with zero attached hydrogens (tertiary/aromatic N) is 1. The summed E-state index contributed by atoms with van der Waals surface area (Å²) in [6.45, 7) is 0.540. The summed E-state index contributed by atoms with van der Waals surface area (Å²) in [7, 11) is 1.75. The molecule has 0 radical (unpaired) electrons. The average molecular weight is 303 g/mol. The van der Waals surface area contributed by atoms with Crippen LogP contribution < -0.4 is 10.1 Å². The van der Waals surface area contributed by atoms with Crippen LogP contribution in [0.15, 0.2) is 23.6 Å². The minimum absolute atomic E-state index is 0.405. The molecule has 96 valence electrons. The van der Waals surface area contributed by atoms with Crippen molar-refractivity contribution >= 4 is 40.4 Å². The van der Waals surface area contributed by atoms with Gasteiger partial charge >= 0.3 is 0 Å². The van der Waals surface area contributed by atoms with E-state index in [-0.39, 0.29) is 0 Å². The molecule has 2 aromatic heterocycles. The Morgan fingerprint density at radius 1 is 1.39 bits per heavy atom. The maximum absolute atomic E-state index is 6.02. The van der Waals surface area contributed by atoms with E-state index in [1.165, 1.54) is 4.88 Å². The number of aromatic nitrogens is 1. The van der Waals surface area contributed by atoms with E-state index in [2.05, 4.69) is 16.4 Å². The van der Waals surface area contributed by atoms with Crippen LogP contribution in [0.5, 0.6) is 5.88 Å². The summed E-state index contributed by atoms with van der Waals surface area (Å²) in [6, 6.07) is 5.72. The SMILES string of the molecule is CNc1nc(OCCc2cccs2)c(Cl)cc1Cl. The van der Waals surface area contributed by atoms with Crippen molar-refractivity contribution in [3.05, 3.63) is 38.5 Å². The number of hydrogen-bond acceptors (Lipinski definition) is 4. The molecule has 0 bridgehead atoms. The number of halogens is 2. The molecule has 0 amide bonds. The Balaban J connectivity index is 2.00. The van der Waals surface area contributed by atoms with Crippen molar-refractivity contribution in [2.24, 2.45) is 0 Å². The van der Waals surface area contributed by atoms with Crippen molar-refractivity contribution in [2.45, 2.75) is 6.42 Å². The van der Waals surface area contributed by atoms with Crippen molar-refractivity contribution in [1.29, 1.82) is 0 Å². The van der Waals surface area contributed by atoms with E-state index in [0.29, 0.717) is 28.3 Å². The Hall–Kier alpha value is -0.970. The van der Waals surface area contributed by atoms with Gasteiger partial charge in [-0.05, 0) is 17.5 Å². The third kappa shape index (κ3) is 3.28. The molecule has 0 aromatic carbocycles. The third-order valence-corrected chi connectivity index (χ3v) is 3.80. The van der Waals surface area contributed by atoms with Crippen molar-refractivity contribution in [1.82, 2.24) is 4.98 Å². The number of anilines is 1. The molecule has 3 nitrogen and oxygen atoms in total. The maximum Gasteiger partial charge on any atom is 0.234 e. The predicted molar refractivity (Wildman–Crippen MR) is 77.3 cm³/mol. The van der Waals surface area contributed by atoms with E-state index in [4.69, 9.17) is 27.9 Å². The lowest BCUT2D eigenvalue weighted by molar-refractivity contribution is 0.311. The smallest absolute Gasteiger partial charge is 0.234 e. The second-order valence-electron chi connectivity index (χ2n) is 3.53. The van der Waals surface area contributed by atoms with Crippen molar-refractivity contribution in [2.75, 3.05) is 19.0 Å². The molecule has 6 heteroatoms. The molecule has 0 saturated heterocycles. The van der Waals surface area contributed by atoms with E-state index in [1.807, 2.05) is 11.4 Å². The monoisotopic (exact) mass is 302 g/mol.